The van der Waals surface area contributed by atoms with Crippen LogP contribution in [0.25, 0.3) is 0 Å². The van der Waals surface area contributed by atoms with Crippen molar-refractivity contribution >= 4 is 5.97 Å². The molecule has 0 saturated carbocycles. The Morgan fingerprint density at radius 1 is 0.284 bits per heavy atom. The van der Waals surface area contributed by atoms with Crippen molar-refractivity contribution in [1.29, 1.82) is 0 Å². The molecule has 38 heteroatoms. The second kappa shape index (κ2) is 41.9. The summed E-state index contributed by atoms with van der Waals surface area (Å²) in [5.74, 6) is -1.31. The summed E-state index contributed by atoms with van der Waals surface area (Å²) in [6, 6.07) is 0. The fourth-order valence-corrected chi connectivity index (χ4v) is 17.2. The van der Waals surface area contributed by atoms with Crippen LogP contribution in [0.3, 0.4) is 0 Å². The SMILES string of the molecule is COCC1OC2OC3C(CO)OC(OC4C(COC(=O)C5CC(C)(C)N([O])C(C)(C)C5)OC(OC5C(COC)OC(OC6C(COC)OC(OC7C(COC)OC(OC8C(COC)OC(OC1C(OC)C2OC)C(OC)C8OC)C(OC)C7OC)C(OC)C6OC)C(OC)C5OC)C(OC)C4OC)C(OC)C3OC. The van der Waals surface area contributed by atoms with E-state index in [0.29, 0.717) is 0 Å². The molecule has 0 spiro atoms. The number of carbonyl (C=O) groups excluding carboxylic acids is 1. The Labute approximate surface area is 639 Å². The number of aliphatic hydroxyl groups excluding tert-OH is 1. The van der Waals surface area contributed by atoms with E-state index in [0.717, 1.165) is 5.06 Å². The summed E-state index contributed by atoms with van der Waals surface area (Å²) in [4.78, 5) is 14.6. The first-order valence-electron chi connectivity index (χ1n) is 36.7. The molecule has 35 unspecified atom stereocenters. The highest BCUT2D eigenvalue weighted by Crippen LogP contribution is 2.45. The van der Waals surface area contributed by atoms with Gasteiger partial charge in [0.25, 0.3) is 0 Å². The molecule has 38 nitrogen and oxygen atoms in total. The Morgan fingerprint density at radius 3 is 0.633 bits per heavy atom. The van der Waals surface area contributed by atoms with Crippen molar-refractivity contribution in [1.82, 2.24) is 5.06 Å². The van der Waals surface area contributed by atoms with Crippen LogP contribution in [0.4, 0.5) is 0 Å². The zero-order chi connectivity index (χ0) is 79.3. The zero-order valence-corrected chi connectivity index (χ0v) is 67.2. The maximum Gasteiger partial charge on any atom is 0.309 e. The molecule has 0 aliphatic carbocycles. The summed E-state index contributed by atoms with van der Waals surface area (Å²) in [5, 5.41) is 26.1. The molecule has 22 rings (SSSR count). The largest absolute Gasteiger partial charge is 0.463 e. The van der Waals surface area contributed by atoms with E-state index >= 15 is 0 Å². The Morgan fingerprint density at radius 2 is 0.459 bits per heavy atom. The summed E-state index contributed by atoms with van der Waals surface area (Å²) in [6.45, 7) is 5.52. The van der Waals surface area contributed by atoms with Gasteiger partial charge in [0, 0.05) is 146 Å². The summed E-state index contributed by atoms with van der Waals surface area (Å²) < 4.78 is 221. The highest BCUT2D eigenvalue weighted by atomic mass is 16.8. The number of piperidine rings is 1. The quantitative estimate of drug-likeness (QED) is 0.0952. The first kappa shape index (κ1) is 90.9. The third-order valence-corrected chi connectivity index (χ3v) is 22.1. The van der Waals surface area contributed by atoms with Crippen molar-refractivity contribution < 1.29 is 176 Å². The molecule has 22 aliphatic heterocycles. The third kappa shape index (κ3) is 19.6. The third-order valence-electron chi connectivity index (χ3n) is 22.1. The zero-order valence-electron chi connectivity index (χ0n) is 67.2. The van der Waals surface area contributed by atoms with E-state index in [1.807, 2.05) is 0 Å². The molecule has 109 heavy (non-hydrogen) atoms. The number of esters is 1. The van der Waals surface area contributed by atoms with E-state index in [1.165, 1.54) is 135 Å². The Bertz CT molecular complexity index is 2630. The normalized spacial score (nSPS) is 44.8. The van der Waals surface area contributed by atoms with E-state index in [9.17, 15) is 15.1 Å². The lowest BCUT2D eigenvalue weighted by atomic mass is 9.75. The van der Waals surface area contributed by atoms with Crippen molar-refractivity contribution in [3.63, 3.8) is 0 Å². The Kier molecular flexibility index (Phi) is 35.0. The molecule has 22 aliphatic rings. The fraction of sp³-hybridized carbons (Fsp3) is 0.986. The van der Waals surface area contributed by atoms with E-state index in [2.05, 4.69) is 0 Å². The van der Waals surface area contributed by atoms with E-state index in [1.54, 1.807) is 27.7 Å². The number of carbonyl (C=O) groups is 1. The van der Waals surface area contributed by atoms with E-state index < -0.39 is 251 Å². The minimum Gasteiger partial charge on any atom is -0.463 e. The lowest BCUT2D eigenvalue weighted by Gasteiger charge is -2.52. The summed E-state index contributed by atoms with van der Waals surface area (Å²) >= 11 is 0. The van der Waals surface area contributed by atoms with E-state index in [4.69, 9.17) is 161 Å². The van der Waals surface area contributed by atoms with Gasteiger partial charge >= 0.3 is 5.97 Å². The molecule has 0 aromatic rings. The molecule has 0 aromatic heterocycles. The highest BCUT2D eigenvalue weighted by molar-refractivity contribution is 5.73. The molecule has 0 amide bonds. The minimum atomic E-state index is -1.45. The molecular weight excluding hydrogens is 1460 g/mol. The van der Waals surface area contributed by atoms with Gasteiger partial charge in [0.05, 0.1) is 45.6 Å². The van der Waals surface area contributed by atoms with Crippen LogP contribution in [0.1, 0.15) is 40.5 Å². The number of methoxy groups -OCH3 is 19. The van der Waals surface area contributed by atoms with Crippen LogP contribution in [0.2, 0.25) is 0 Å². The van der Waals surface area contributed by atoms with Crippen molar-refractivity contribution in [2.24, 2.45) is 5.92 Å². The van der Waals surface area contributed by atoms with Gasteiger partial charge in [-0.2, -0.15) is 0 Å². The number of aliphatic hydroxyl groups is 1. The number of hydroxylamine groups is 2. The number of hydrogen-bond acceptors (Lipinski definition) is 37. The molecule has 22 heterocycles. The van der Waals surface area contributed by atoms with Gasteiger partial charge in [-0.3, -0.25) is 4.79 Å². The molecule has 22 fully saturated rings. The van der Waals surface area contributed by atoms with Crippen molar-refractivity contribution in [3.8, 4) is 0 Å². The van der Waals surface area contributed by atoms with Crippen molar-refractivity contribution in [2.75, 3.05) is 181 Å². The Balaban J connectivity index is 1.15. The molecule has 22 saturated heterocycles. The molecule has 1 N–H and O–H groups in total. The van der Waals surface area contributed by atoms with E-state index in [-0.39, 0.29) is 45.9 Å². The molecule has 1 radical (unpaired) electrons. The first-order chi connectivity index (χ1) is 52.5. The summed E-state index contributed by atoms with van der Waals surface area (Å²) in [5.41, 5.74) is -1.87. The lowest BCUT2D eigenvalue weighted by Crippen LogP contribution is -2.69. The summed E-state index contributed by atoms with van der Waals surface area (Å²) in [6.07, 6.45) is -39.6. The number of rotatable bonds is 28. The van der Waals surface area contributed by atoms with Crippen LogP contribution in [0, 0.1) is 5.92 Å². The topological polar surface area (TPSA) is 374 Å². The van der Waals surface area contributed by atoms with Gasteiger partial charge in [-0.25, -0.2) is 0 Å². The molecule has 35 atom stereocenters. The Hall–Kier alpha value is -1.97. The highest BCUT2D eigenvalue weighted by Gasteiger charge is 2.63. The number of ether oxygens (including phenoxy) is 34. The van der Waals surface area contributed by atoms with Crippen molar-refractivity contribution in [3.05, 3.63) is 0 Å². The fourth-order valence-electron chi connectivity index (χ4n) is 17.2. The smallest absolute Gasteiger partial charge is 0.309 e. The number of nitrogens with zero attached hydrogens (tertiary/aromatic N) is 1. The predicted molar refractivity (Wildman–Crippen MR) is 367 cm³/mol. The molecule has 635 valence electrons. The second-order valence-corrected chi connectivity index (χ2v) is 29.4. The lowest BCUT2D eigenvalue weighted by molar-refractivity contribution is -0.402. The van der Waals surface area contributed by atoms with Gasteiger partial charge in [0.2, 0.25) is 0 Å². The standard InChI is InChI=1S/C71H124NO37/c1-70(2)24-33(25-71(3,4)72(70)75)62(74)95-32-40-47-54(87-16)61(94-23)69(102-40)108-46-39(31-80-9)101-68(60(93-22)53(46)86-15)107-45-38(30-79-8)100-67(59(92-21)52(45)85-14)106-44-37(29-78-7)99-66(58(91-20)51(44)84-13)105-43-36(28-77-6)98-65(57(90-19)50(43)83-12)104-42-35(27-76-5)97-64(56(89-18)49(42)82-11)103-41-34(26-73)96-63(109-47)55(88-17)48(41)81-10/h33-61,63-69,73H,24-32H2,1-23H3. The van der Waals surface area contributed by atoms with Crippen LogP contribution < -0.4 is 0 Å². The molecule has 14 bridgehead atoms. The first-order valence-corrected chi connectivity index (χ1v) is 36.7. The molecular formula is C71H124NO37. The second-order valence-electron chi connectivity index (χ2n) is 29.4. The van der Waals surface area contributed by atoms with Crippen LogP contribution >= 0.6 is 0 Å². The van der Waals surface area contributed by atoms with Crippen molar-refractivity contribution in [2.45, 2.75) is 267 Å². The van der Waals surface area contributed by atoms with Gasteiger partial charge in [0.1, 0.15) is 178 Å². The monoisotopic (exact) mass is 1580 g/mol. The summed E-state index contributed by atoms with van der Waals surface area (Å²) in [7, 11) is 27.9. The maximum absolute atomic E-state index is 14.6. The van der Waals surface area contributed by atoms with Crippen LogP contribution in [0.5, 0.6) is 0 Å². The van der Waals surface area contributed by atoms with Gasteiger partial charge in [-0.15, -0.1) is 10.3 Å². The average Bonchev–Trinajstić information content (AvgIpc) is 0.837. The van der Waals surface area contributed by atoms with Crippen LogP contribution in [-0.2, 0) is 171 Å². The average molecular weight is 1580 g/mol. The van der Waals surface area contributed by atoms with Gasteiger partial charge < -0.3 is 166 Å². The predicted octanol–water partition coefficient (Wildman–Crippen LogP) is -0.637. The minimum absolute atomic E-state index is 0.0672. The maximum atomic E-state index is 14.6. The van der Waals surface area contributed by atoms with Gasteiger partial charge in [-0.05, 0) is 40.5 Å². The van der Waals surface area contributed by atoms with Crippen LogP contribution in [-0.4, -0.2) is 423 Å². The molecule has 0 aromatic carbocycles. The van der Waals surface area contributed by atoms with Gasteiger partial charge in [-0.1, -0.05) is 0 Å². The number of hydrogen-bond donors (Lipinski definition) is 1. The van der Waals surface area contributed by atoms with Gasteiger partial charge in [0.15, 0.2) is 44.0 Å². The van der Waals surface area contributed by atoms with Crippen LogP contribution in [0.15, 0.2) is 0 Å².